The lowest BCUT2D eigenvalue weighted by molar-refractivity contribution is -0.124. The van der Waals surface area contributed by atoms with Gasteiger partial charge in [-0.1, -0.05) is 30.3 Å². The lowest BCUT2D eigenvalue weighted by Gasteiger charge is -2.14. The number of benzene rings is 2. The van der Waals surface area contributed by atoms with E-state index in [0.29, 0.717) is 22.2 Å². The Kier molecular flexibility index (Phi) is 8.74. The van der Waals surface area contributed by atoms with Crippen LogP contribution >= 0.6 is 11.8 Å². The van der Waals surface area contributed by atoms with Gasteiger partial charge < -0.3 is 24.8 Å². The molecule has 1 aliphatic rings. The van der Waals surface area contributed by atoms with Crippen LogP contribution < -0.4 is 24.8 Å². The molecular weight excluding hydrogens is 474 g/mol. The summed E-state index contributed by atoms with van der Waals surface area (Å²) in [5.74, 6) is -0.446. The number of hydrogen-bond donors (Lipinski definition) is 2. The number of amides is 4. The number of ether oxygens (including phenoxy) is 3. The smallest absolute Gasteiger partial charge is 0.293 e. The Labute approximate surface area is 206 Å². The zero-order chi connectivity index (χ0) is 25.4. The van der Waals surface area contributed by atoms with Gasteiger partial charge in [-0.15, -0.1) is 0 Å². The van der Waals surface area contributed by atoms with Gasteiger partial charge in [0, 0.05) is 18.7 Å². The number of imide groups is 1. The van der Waals surface area contributed by atoms with Crippen LogP contribution in [0, 0.1) is 0 Å². The first-order valence-electron chi connectivity index (χ1n) is 10.5. The van der Waals surface area contributed by atoms with Crippen molar-refractivity contribution in [1.29, 1.82) is 0 Å². The van der Waals surface area contributed by atoms with Crippen molar-refractivity contribution in [2.45, 2.75) is 0 Å². The summed E-state index contributed by atoms with van der Waals surface area (Å²) in [6.07, 6.45) is 1.65. The number of hydrogen-bond acceptors (Lipinski definition) is 8. The summed E-state index contributed by atoms with van der Waals surface area (Å²) >= 11 is 0.855. The maximum absolute atomic E-state index is 12.5. The average Bonchev–Trinajstić information content (AvgIpc) is 3.14. The number of thioether (sulfide) groups is 1. The summed E-state index contributed by atoms with van der Waals surface area (Å²) < 4.78 is 15.7. The molecule has 4 amide bonds. The number of methoxy groups -OCH3 is 3. The Morgan fingerprint density at radius 1 is 0.971 bits per heavy atom. The second-order valence-electron chi connectivity index (χ2n) is 7.19. The average molecular weight is 500 g/mol. The number of nitrogens with zero attached hydrogens (tertiary/aromatic N) is 1. The molecule has 0 atom stereocenters. The molecule has 0 aromatic heterocycles. The number of carbonyl (C=O) groups excluding carboxylic acids is 4. The van der Waals surface area contributed by atoms with E-state index >= 15 is 0 Å². The van der Waals surface area contributed by atoms with Crippen molar-refractivity contribution in [3.63, 3.8) is 0 Å². The van der Waals surface area contributed by atoms with E-state index in [0.717, 1.165) is 22.2 Å². The monoisotopic (exact) mass is 499 g/mol. The minimum Gasteiger partial charge on any atom is -0.493 e. The molecule has 1 fully saturated rings. The fourth-order valence-electron chi connectivity index (χ4n) is 3.24. The molecule has 0 radical (unpaired) electrons. The Morgan fingerprint density at radius 2 is 1.63 bits per heavy atom. The molecular formula is C24H25N3O7S. The Morgan fingerprint density at radius 3 is 2.23 bits per heavy atom. The normalized spacial score (nSPS) is 14.1. The number of rotatable bonds is 10. The molecule has 35 heavy (non-hydrogen) atoms. The molecule has 0 aliphatic carbocycles. The molecule has 0 saturated carbocycles. The van der Waals surface area contributed by atoms with Gasteiger partial charge in [-0.05, 0) is 35.5 Å². The highest BCUT2D eigenvalue weighted by molar-refractivity contribution is 8.18. The molecule has 1 aliphatic heterocycles. The Hall–Kier alpha value is -3.99. The maximum Gasteiger partial charge on any atom is 0.293 e. The summed E-state index contributed by atoms with van der Waals surface area (Å²) in [4.78, 5) is 50.8. The van der Waals surface area contributed by atoms with Gasteiger partial charge >= 0.3 is 0 Å². The summed E-state index contributed by atoms with van der Waals surface area (Å²) in [6.45, 7) is -0.232. The van der Waals surface area contributed by atoms with Crippen LogP contribution in [0.4, 0.5) is 4.79 Å². The minimum absolute atomic E-state index is 0.0172. The highest BCUT2D eigenvalue weighted by atomic mass is 32.2. The van der Waals surface area contributed by atoms with Gasteiger partial charge in [0.1, 0.15) is 0 Å². The molecule has 0 spiro atoms. The van der Waals surface area contributed by atoms with Crippen LogP contribution in [0.3, 0.4) is 0 Å². The van der Waals surface area contributed by atoms with Crippen molar-refractivity contribution < 1.29 is 33.4 Å². The van der Waals surface area contributed by atoms with Gasteiger partial charge in [-0.25, -0.2) is 0 Å². The van der Waals surface area contributed by atoms with Gasteiger partial charge in [-0.2, -0.15) is 0 Å². The third-order valence-corrected chi connectivity index (χ3v) is 5.87. The first kappa shape index (κ1) is 25.6. The van der Waals surface area contributed by atoms with Crippen molar-refractivity contribution in [3.8, 4) is 17.2 Å². The fourth-order valence-corrected chi connectivity index (χ4v) is 4.10. The van der Waals surface area contributed by atoms with Crippen LogP contribution in [0.25, 0.3) is 6.08 Å². The highest BCUT2D eigenvalue weighted by Crippen LogP contribution is 2.38. The van der Waals surface area contributed by atoms with Crippen molar-refractivity contribution in [2.75, 3.05) is 41.0 Å². The van der Waals surface area contributed by atoms with Crippen molar-refractivity contribution in [1.82, 2.24) is 15.5 Å². The van der Waals surface area contributed by atoms with E-state index in [1.165, 1.54) is 33.5 Å². The molecule has 10 nitrogen and oxygen atoms in total. The second-order valence-corrected chi connectivity index (χ2v) is 8.18. The van der Waals surface area contributed by atoms with E-state index in [9.17, 15) is 19.2 Å². The third kappa shape index (κ3) is 6.33. The summed E-state index contributed by atoms with van der Waals surface area (Å²) in [5, 5.41) is 4.69. The molecule has 0 bridgehead atoms. The van der Waals surface area contributed by atoms with E-state index in [1.807, 2.05) is 30.3 Å². The standard InChI is InChI=1S/C24H25N3O7S/c1-32-17-12-16(13-18(33-2)21(17)34-3)22(29)26-14-20(28)25-9-10-27-23(30)19(35-24(27)31)11-15-7-5-4-6-8-15/h4-8,11-13H,9-10,14H2,1-3H3,(H,25,28)(H,26,29)/b19-11-. The SMILES string of the molecule is COc1cc(C(=O)NCC(=O)NCCN2C(=O)S/C(=C\c3ccccc3)C2=O)cc(OC)c1OC. The topological polar surface area (TPSA) is 123 Å². The van der Waals surface area contributed by atoms with Crippen LogP contribution in [0.2, 0.25) is 0 Å². The zero-order valence-electron chi connectivity index (χ0n) is 19.5. The van der Waals surface area contributed by atoms with Crippen molar-refractivity contribution in [2.24, 2.45) is 0 Å². The summed E-state index contributed by atoms with van der Waals surface area (Å²) in [7, 11) is 4.31. The number of carbonyl (C=O) groups is 4. The molecule has 1 saturated heterocycles. The third-order valence-electron chi connectivity index (χ3n) is 4.96. The van der Waals surface area contributed by atoms with Crippen molar-refractivity contribution in [3.05, 3.63) is 58.5 Å². The molecule has 2 aromatic rings. The minimum atomic E-state index is -0.517. The maximum atomic E-state index is 12.5. The number of nitrogens with one attached hydrogen (secondary N) is 2. The van der Waals surface area contributed by atoms with E-state index in [2.05, 4.69) is 10.6 Å². The highest BCUT2D eigenvalue weighted by Gasteiger charge is 2.34. The first-order valence-corrected chi connectivity index (χ1v) is 11.3. The predicted octanol–water partition coefficient (Wildman–Crippen LogP) is 2.29. The molecule has 11 heteroatoms. The lowest BCUT2D eigenvalue weighted by atomic mass is 10.1. The van der Waals surface area contributed by atoms with Crippen LogP contribution in [0.15, 0.2) is 47.4 Å². The Balaban J connectivity index is 1.50. The molecule has 1 heterocycles. The van der Waals surface area contributed by atoms with Gasteiger partial charge in [0.25, 0.3) is 17.1 Å². The van der Waals surface area contributed by atoms with Crippen molar-refractivity contribution >= 4 is 40.8 Å². The van der Waals surface area contributed by atoms with Gasteiger partial charge in [0.15, 0.2) is 11.5 Å². The van der Waals surface area contributed by atoms with E-state index in [1.54, 1.807) is 6.08 Å². The van der Waals surface area contributed by atoms with Gasteiger partial charge in [-0.3, -0.25) is 24.1 Å². The van der Waals surface area contributed by atoms with Crippen LogP contribution in [-0.2, 0) is 9.59 Å². The van der Waals surface area contributed by atoms with E-state index < -0.39 is 23.0 Å². The van der Waals surface area contributed by atoms with E-state index in [4.69, 9.17) is 14.2 Å². The fraction of sp³-hybridized carbons (Fsp3) is 0.250. The zero-order valence-corrected chi connectivity index (χ0v) is 20.3. The van der Waals surface area contributed by atoms with Gasteiger partial charge in [0.05, 0.1) is 32.8 Å². The molecule has 184 valence electrons. The largest absolute Gasteiger partial charge is 0.493 e. The quantitative estimate of drug-likeness (QED) is 0.478. The molecule has 3 rings (SSSR count). The summed E-state index contributed by atoms with van der Waals surface area (Å²) in [6, 6.07) is 12.1. The van der Waals surface area contributed by atoms with Gasteiger partial charge in [0.2, 0.25) is 11.7 Å². The predicted molar refractivity (Wildman–Crippen MR) is 131 cm³/mol. The van der Waals surface area contributed by atoms with E-state index in [-0.39, 0.29) is 25.2 Å². The first-order chi connectivity index (χ1) is 16.9. The molecule has 2 N–H and O–H groups in total. The summed E-state index contributed by atoms with van der Waals surface area (Å²) in [5.41, 5.74) is 1.03. The Bertz CT molecular complexity index is 1130. The lowest BCUT2D eigenvalue weighted by Crippen LogP contribution is -2.41. The van der Waals surface area contributed by atoms with Crippen LogP contribution in [0.1, 0.15) is 15.9 Å². The molecule has 2 aromatic carbocycles. The van der Waals surface area contributed by atoms with Crippen LogP contribution in [0.5, 0.6) is 17.2 Å². The molecule has 0 unspecified atom stereocenters. The van der Waals surface area contributed by atoms with Crippen LogP contribution in [-0.4, -0.2) is 68.8 Å². The second kappa shape index (κ2) is 11.9.